The van der Waals surface area contributed by atoms with Gasteiger partial charge in [-0.1, -0.05) is 43.1 Å². The highest BCUT2D eigenvalue weighted by Crippen LogP contribution is 2.28. The maximum atomic E-state index is 13.1. The first-order chi connectivity index (χ1) is 17.1. The van der Waals surface area contributed by atoms with E-state index >= 15 is 0 Å². The van der Waals surface area contributed by atoms with E-state index in [1.165, 1.54) is 22.5 Å². The summed E-state index contributed by atoms with van der Waals surface area (Å²) in [4.78, 5) is 29.4. The predicted molar refractivity (Wildman–Crippen MR) is 137 cm³/mol. The molecule has 0 saturated carbocycles. The highest BCUT2D eigenvalue weighted by molar-refractivity contribution is 7.89. The van der Waals surface area contributed by atoms with Gasteiger partial charge in [-0.05, 0) is 42.2 Å². The Balaban J connectivity index is 1.59. The number of hydrogen-bond acceptors (Lipinski definition) is 6. The molecule has 0 radical (unpaired) electrons. The lowest BCUT2D eigenvalue weighted by molar-refractivity contribution is -0.129. The third-order valence-electron chi connectivity index (χ3n) is 5.56. The van der Waals surface area contributed by atoms with Gasteiger partial charge in [0, 0.05) is 37.1 Å². The molecule has 196 valence electrons. The molecule has 0 spiro atoms. The molecule has 12 heteroatoms. The average Bonchev–Trinajstić information content (AvgIpc) is 2.82. The summed E-state index contributed by atoms with van der Waals surface area (Å²) in [7, 11) is -3.87. The zero-order valence-electron chi connectivity index (χ0n) is 20.1. The van der Waals surface area contributed by atoms with Gasteiger partial charge in [-0.15, -0.1) is 0 Å². The second-order valence-electron chi connectivity index (χ2n) is 8.96. The first-order valence-electron chi connectivity index (χ1n) is 11.6. The number of morpholine rings is 1. The van der Waals surface area contributed by atoms with Crippen molar-refractivity contribution in [1.29, 1.82) is 0 Å². The normalized spacial score (nSPS) is 17.5. The zero-order valence-corrected chi connectivity index (χ0v) is 22.4. The van der Waals surface area contributed by atoms with Crippen LogP contribution in [0, 0.1) is 5.92 Å². The second-order valence-corrected chi connectivity index (χ2v) is 11.7. The van der Waals surface area contributed by atoms with Gasteiger partial charge in [0.1, 0.15) is 10.9 Å². The molecule has 1 aliphatic rings. The van der Waals surface area contributed by atoms with Gasteiger partial charge in [-0.2, -0.15) is 4.31 Å². The van der Waals surface area contributed by atoms with Crippen LogP contribution in [0.2, 0.25) is 10.0 Å². The molecule has 3 rings (SSSR count). The maximum absolute atomic E-state index is 13.1. The number of carbonyl (C=O) groups excluding carboxylic acids is 2. The molecule has 1 aromatic heterocycles. The quantitative estimate of drug-likeness (QED) is 0.464. The van der Waals surface area contributed by atoms with E-state index in [1.54, 1.807) is 24.5 Å². The fourth-order valence-corrected chi connectivity index (χ4v) is 6.03. The van der Waals surface area contributed by atoms with Crippen molar-refractivity contribution < 1.29 is 22.7 Å². The number of nitrogens with zero attached hydrogens (tertiary/aromatic N) is 2. The summed E-state index contributed by atoms with van der Waals surface area (Å²) >= 11 is 12.0. The van der Waals surface area contributed by atoms with Crippen LogP contribution in [0.4, 0.5) is 0 Å². The zero-order chi connectivity index (χ0) is 26.3. The number of rotatable bonds is 10. The minimum absolute atomic E-state index is 0.0356. The number of pyridine rings is 1. The largest absolute Gasteiger partial charge is 0.374 e. The van der Waals surface area contributed by atoms with Crippen LogP contribution in [0.3, 0.4) is 0 Å². The van der Waals surface area contributed by atoms with Gasteiger partial charge in [0.2, 0.25) is 21.8 Å². The summed E-state index contributed by atoms with van der Waals surface area (Å²) in [5, 5.41) is 5.98. The number of ether oxygens (including phenoxy) is 1. The van der Waals surface area contributed by atoms with Crippen molar-refractivity contribution in [1.82, 2.24) is 19.9 Å². The number of amides is 2. The molecule has 2 N–H and O–H groups in total. The smallest absolute Gasteiger partial charge is 0.244 e. The SMILES string of the molecule is CC(C)C[C@H](NC(=O)Cc1cccnc1)C(=O)NCC1CN(S(=O)(=O)c2ccc(Cl)cc2Cl)CCO1. The molecule has 2 aromatic rings. The fourth-order valence-electron chi connectivity index (χ4n) is 3.83. The number of carbonyl (C=O) groups is 2. The van der Waals surface area contributed by atoms with Crippen LogP contribution < -0.4 is 10.6 Å². The minimum Gasteiger partial charge on any atom is -0.374 e. The second kappa shape index (κ2) is 12.8. The van der Waals surface area contributed by atoms with Crippen molar-refractivity contribution in [3.05, 3.63) is 58.3 Å². The molecule has 1 aliphatic heterocycles. The Morgan fingerprint density at radius 2 is 2.03 bits per heavy atom. The van der Waals surface area contributed by atoms with E-state index in [0.29, 0.717) is 11.4 Å². The Morgan fingerprint density at radius 1 is 1.25 bits per heavy atom. The third-order valence-corrected chi connectivity index (χ3v) is 8.15. The number of halogens is 2. The van der Waals surface area contributed by atoms with Gasteiger partial charge in [0.25, 0.3) is 0 Å². The Morgan fingerprint density at radius 3 is 2.69 bits per heavy atom. The maximum Gasteiger partial charge on any atom is 0.244 e. The van der Waals surface area contributed by atoms with Crippen molar-refractivity contribution in [3.8, 4) is 0 Å². The van der Waals surface area contributed by atoms with Crippen molar-refractivity contribution in [2.45, 2.75) is 43.7 Å². The van der Waals surface area contributed by atoms with E-state index in [9.17, 15) is 18.0 Å². The molecule has 1 fully saturated rings. The number of aromatic nitrogens is 1. The summed E-state index contributed by atoms with van der Waals surface area (Å²) < 4.78 is 33.2. The first kappa shape index (κ1) is 28.3. The fraction of sp³-hybridized carbons (Fsp3) is 0.458. The molecular formula is C24H30Cl2N4O5S. The lowest BCUT2D eigenvalue weighted by atomic mass is 10.0. The van der Waals surface area contributed by atoms with Crippen molar-refractivity contribution in [2.24, 2.45) is 5.92 Å². The molecule has 1 saturated heterocycles. The molecule has 2 heterocycles. The lowest BCUT2D eigenvalue weighted by Gasteiger charge is -2.32. The van der Waals surface area contributed by atoms with Crippen LogP contribution in [0.15, 0.2) is 47.6 Å². The van der Waals surface area contributed by atoms with Crippen molar-refractivity contribution in [3.63, 3.8) is 0 Å². The van der Waals surface area contributed by atoms with Gasteiger partial charge in [-0.3, -0.25) is 14.6 Å². The average molecular weight is 558 g/mol. The molecule has 2 atom stereocenters. The molecule has 1 aromatic carbocycles. The Hall–Kier alpha value is -2.24. The number of nitrogens with one attached hydrogen (secondary N) is 2. The van der Waals surface area contributed by atoms with Gasteiger partial charge in [0.15, 0.2) is 0 Å². The lowest BCUT2D eigenvalue weighted by Crippen LogP contribution is -2.53. The van der Waals surface area contributed by atoms with E-state index in [-0.39, 0.29) is 60.3 Å². The minimum atomic E-state index is -3.87. The summed E-state index contributed by atoms with van der Waals surface area (Å²) in [6.07, 6.45) is 3.23. The topological polar surface area (TPSA) is 118 Å². The van der Waals surface area contributed by atoms with E-state index in [4.69, 9.17) is 27.9 Å². The van der Waals surface area contributed by atoms with Crippen LogP contribution in [0.5, 0.6) is 0 Å². The Labute approximate surface area is 221 Å². The van der Waals surface area contributed by atoms with Gasteiger partial charge in [0.05, 0.1) is 24.2 Å². The highest BCUT2D eigenvalue weighted by Gasteiger charge is 2.33. The molecule has 0 aliphatic carbocycles. The van der Waals surface area contributed by atoms with Crippen LogP contribution in [-0.2, 0) is 30.8 Å². The monoisotopic (exact) mass is 556 g/mol. The summed E-state index contributed by atoms with van der Waals surface area (Å²) in [5.41, 5.74) is 0.747. The molecule has 2 amide bonds. The van der Waals surface area contributed by atoms with Crippen LogP contribution in [0.25, 0.3) is 0 Å². The molecule has 0 bridgehead atoms. The Bertz CT molecular complexity index is 1160. The van der Waals surface area contributed by atoms with E-state index in [1.807, 2.05) is 13.8 Å². The summed E-state index contributed by atoms with van der Waals surface area (Å²) in [5.74, 6) is -0.475. The van der Waals surface area contributed by atoms with E-state index < -0.39 is 22.2 Å². The molecule has 9 nitrogen and oxygen atoms in total. The first-order valence-corrected chi connectivity index (χ1v) is 13.8. The van der Waals surface area contributed by atoms with E-state index in [0.717, 1.165) is 5.56 Å². The van der Waals surface area contributed by atoms with Gasteiger partial charge in [-0.25, -0.2) is 8.42 Å². The van der Waals surface area contributed by atoms with Gasteiger partial charge < -0.3 is 15.4 Å². The van der Waals surface area contributed by atoms with Crippen molar-refractivity contribution >= 4 is 45.0 Å². The van der Waals surface area contributed by atoms with Crippen LogP contribution in [0.1, 0.15) is 25.8 Å². The molecule has 1 unspecified atom stereocenters. The summed E-state index contributed by atoms with van der Waals surface area (Å²) in [6, 6.07) is 7.03. The van der Waals surface area contributed by atoms with Crippen LogP contribution >= 0.6 is 23.2 Å². The standard InChI is InChI=1S/C24H30Cl2N4O5S/c1-16(2)10-21(29-23(31)11-17-4-3-7-27-13-17)24(32)28-14-19-15-30(8-9-35-19)36(33,34)22-6-5-18(25)12-20(22)26/h3-7,12-13,16,19,21H,8-11,14-15H2,1-2H3,(H,28,32)(H,29,31)/t19?,21-/m0/s1. The van der Waals surface area contributed by atoms with Gasteiger partial charge >= 0.3 is 0 Å². The Kier molecular flexibility index (Phi) is 10.1. The third kappa shape index (κ3) is 7.88. The molecular weight excluding hydrogens is 527 g/mol. The molecule has 36 heavy (non-hydrogen) atoms. The summed E-state index contributed by atoms with van der Waals surface area (Å²) in [6.45, 7) is 4.38. The van der Waals surface area contributed by atoms with Crippen LogP contribution in [-0.4, -0.2) is 67.9 Å². The highest BCUT2D eigenvalue weighted by atomic mass is 35.5. The number of hydrogen-bond donors (Lipinski definition) is 2. The number of benzene rings is 1. The predicted octanol–water partition coefficient (Wildman–Crippen LogP) is 2.67. The van der Waals surface area contributed by atoms with Crippen molar-refractivity contribution in [2.75, 3.05) is 26.2 Å². The number of sulfonamides is 1. The van der Waals surface area contributed by atoms with E-state index in [2.05, 4.69) is 15.6 Å².